The first-order valence-corrected chi connectivity index (χ1v) is 8.69. The molecule has 0 spiro atoms. The summed E-state index contributed by atoms with van der Waals surface area (Å²) >= 11 is 1.66. The van der Waals surface area contributed by atoms with Crippen molar-refractivity contribution in [3.63, 3.8) is 0 Å². The number of benzene rings is 1. The second-order valence-corrected chi connectivity index (χ2v) is 6.58. The largest absolute Gasteiger partial charge is 0.490 e. The van der Waals surface area contributed by atoms with Crippen molar-refractivity contribution in [1.82, 2.24) is 9.88 Å². The molecule has 1 saturated heterocycles. The monoisotopic (exact) mass is 348 g/mol. The van der Waals surface area contributed by atoms with Gasteiger partial charge in [0, 0.05) is 37.8 Å². The van der Waals surface area contributed by atoms with Gasteiger partial charge in [-0.2, -0.15) is 0 Å². The Balaban J connectivity index is 1.74. The van der Waals surface area contributed by atoms with Gasteiger partial charge in [-0.05, 0) is 19.1 Å². The van der Waals surface area contributed by atoms with E-state index in [-0.39, 0.29) is 16.7 Å². The summed E-state index contributed by atoms with van der Waals surface area (Å²) in [6.07, 6.45) is 1.83. The van der Waals surface area contributed by atoms with E-state index in [1.54, 1.807) is 29.5 Å². The minimum Gasteiger partial charge on any atom is -0.490 e. The highest BCUT2D eigenvalue weighted by molar-refractivity contribution is 7.09. The molecule has 3 rings (SSSR count). The van der Waals surface area contributed by atoms with Gasteiger partial charge in [0.1, 0.15) is 10.7 Å². The number of nitro groups is 1. The zero-order chi connectivity index (χ0) is 17.1. The van der Waals surface area contributed by atoms with E-state index in [9.17, 15) is 10.1 Å². The molecular weight excluding hydrogens is 328 g/mol. The third-order valence-electron chi connectivity index (χ3n) is 4.39. The van der Waals surface area contributed by atoms with Crippen LogP contribution in [0, 0.1) is 10.1 Å². The molecule has 1 aromatic carbocycles. The maximum atomic E-state index is 11.5. The molecule has 0 radical (unpaired) electrons. The molecule has 1 aliphatic rings. The van der Waals surface area contributed by atoms with E-state index in [2.05, 4.69) is 21.7 Å². The molecule has 24 heavy (non-hydrogen) atoms. The SMILES string of the molecule is COc1cccc(N2CCN([C@H](C)c3nccs3)CC2)c1[N+](=O)[O-]. The van der Waals surface area contributed by atoms with Crippen LogP contribution in [0.3, 0.4) is 0 Å². The maximum Gasteiger partial charge on any atom is 0.333 e. The molecule has 128 valence electrons. The lowest BCUT2D eigenvalue weighted by Crippen LogP contribution is -2.47. The number of anilines is 1. The number of ether oxygens (including phenoxy) is 1. The quantitative estimate of drug-likeness (QED) is 0.611. The van der Waals surface area contributed by atoms with Crippen LogP contribution in [0.25, 0.3) is 0 Å². The zero-order valence-corrected chi connectivity index (χ0v) is 14.5. The Kier molecular flexibility index (Phi) is 4.96. The fourth-order valence-corrected chi connectivity index (χ4v) is 3.79. The van der Waals surface area contributed by atoms with Crippen molar-refractivity contribution in [2.75, 3.05) is 38.2 Å². The van der Waals surface area contributed by atoms with Crippen LogP contribution in [-0.4, -0.2) is 48.1 Å². The van der Waals surface area contributed by atoms with Gasteiger partial charge < -0.3 is 9.64 Å². The van der Waals surface area contributed by atoms with Crippen LogP contribution in [0.5, 0.6) is 5.75 Å². The summed E-state index contributed by atoms with van der Waals surface area (Å²) in [5.74, 6) is 0.302. The molecule has 0 amide bonds. The minimum absolute atomic E-state index is 0.0430. The van der Waals surface area contributed by atoms with E-state index >= 15 is 0 Å². The Morgan fingerprint density at radius 2 is 2.08 bits per heavy atom. The van der Waals surface area contributed by atoms with Gasteiger partial charge in [0.25, 0.3) is 0 Å². The van der Waals surface area contributed by atoms with Crippen molar-refractivity contribution in [2.24, 2.45) is 0 Å². The first kappa shape index (κ1) is 16.7. The van der Waals surface area contributed by atoms with Crippen molar-refractivity contribution >= 4 is 22.7 Å². The molecule has 2 heterocycles. The lowest BCUT2D eigenvalue weighted by molar-refractivity contribution is -0.385. The summed E-state index contributed by atoms with van der Waals surface area (Å²) in [5.41, 5.74) is 0.669. The number of nitro benzene ring substituents is 1. The van der Waals surface area contributed by atoms with E-state index in [1.165, 1.54) is 7.11 Å². The van der Waals surface area contributed by atoms with Crippen LogP contribution in [-0.2, 0) is 0 Å². The van der Waals surface area contributed by atoms with Gasteiger partial charge in [0.05, 0.1) is 18.1 Å². The zero-order valence-electron chi connectivity index (χ0n) is 13.7. The third-order valence-corrected chi connectivity index (χ3v) is 5.34. The van der Waals surface area contributed by atoms with E-state index in [4.69, 9.17) is 4.74 Å². The number of thiazole rings is 1. The summed E-state index contributed by atoms with van der Waals surface area (Å²) in [5, 5.41) is 14.5. The number of hydrogen-bond acceptors (Lipinski definition) is 7. The highest BCUT2D eigenvalue weighted by atomic mass is 32.1. The van der Waals surface area contributed by atoms with Gasteiger partial charge in [0.15, 0.2) is 5.75 Å². The van der Waals surface area contributed by atoms with E-state index in [1.807, 2.05) is 11.6 Å². The molecule has 0 aliphatic carbocycles. The van der Waals surface area contributed by atoms with Crippen molar-refractivity contribution in [3.8, 4) is 5.75 Å². The molecule has 2 aromatic rings. The predicted octanol–water partition coefficient (Wildman–Crippen LogP) is 2.94. The molecule has 1 atom stereocenters. The molecule has 8 heteroatoms. The number of piperazine rings is 1. The molecular formula is C16H20N4O3S. The van der Waals surface area contributed by atoms with Crippen molar-refractivity contribution in [3.05, 3.63) is 44.9 Å². The van der Waals surface area contributed by atoms with Crippen LogP contribution in [0.15, 0.2) is 29.8 Å². The van der Waals surface area contributed by atoms with Gasteiger partial charge in [-0.1, -0.05) is 6.07 Å². The van der Waals surface area contributed by atoms with Crippen LogP contribution >= 0.6 is 11.3 Å². The summed E-state index contributed by atoms with van der Waals surface area (Å²) in [4.78, 5) is 19.9. The molecule has 1 aliphatic heterocycles. The Bertz CT molecular complexity index is 699. The Morgan fingerprint density at radius 3 is 2.67 bits per heavy atom. The van der Waals surface area contributed by atoms with Gasteiger partial charge in [0.2, 0.25) is 0 Å². The topological polar surface area (TPSA) is 71.7 Å². The standard InChI is InChI=1S/C16H20N4O3S/c1-12(16-17-6-11-24-16)18-7-9-19(10-8-18)13-4-3-5-14(23-2)15(13)20(21)22/h3-6,11-12H,7-10H2,1-2H3/t12-/m1/s1. The van der Waals surface area contributed by atoms with Crippen LogP contribution < -0.4 is 9.64 Å². The van der Waals surface area contributed by atoms with E-state index in [0.29, 0.717) is 11.4 Å². The molecule has 0 bridgehead atoms. The van der Waals surface area contributed by atoms with Gasteiger partial charge in [-0.15, -0.1) is 11.3 Å². The normalized spacial score (nSPS) is 16.8. The molecule has 0 unspecified atom stereocenters. The Hall–Kier alpha value is -2.19. The summed E-state index contributed by atoms with van der Waals surface area (Å²) < 4.78 is 5.16. The number of hydrogen-bond donors (Lipinski definition) is 0. The molecule has 0 N–H and O–H groups in total. The minimum atomic E-state index is -0.362. The summed E-state index contributed by atoms with van der Waals surface area (Å²) in [7, 11) is 1.46. The smallest absolute Gasteiger partial charge is 0.333 e. The average Bonchev–Trinajstić information content (AvgIpc) is 3.15. The molecule has 1 fully saturated rings. The Labute approximate surface area is 144 Å². The van der Waals surface area contributed by atoms with E-state index in [0.717, 1.165) is 31.2 Å². The Morgan fingerprint density at radius 1 is 1.33 bits per heavy atom. The summed E-state index contributed by atoms with van der Waals surface area (Å²) in [6.45, 7) is 5.32. The highest BCUT2D eigenvalue weighted by Crippen LogP contribution is 2.37. The van der Waals surface area contributed by atoms with E-state index < -0.39 is 0 Å². The van der Waals surface area contributed by atoms with Gasteiger partial charge in [-0.3, -0.25) is 15.0 Å². The number of aromatic nitrogens is 1. The second-order valence-electron chi connectivity index (χ2n) is 5.65. The lowest BCUT2D eigenvalue weighted by atomic mass is 10.2. The van der Waals surface area contributed by atoms with Crippen LogP contribution in [0.1, 0.15) is 18.0 Å². The second kappa shape index (κ2) is 7.14. The number of para-hydroxylation sites is 1. The van der Waals surface area contributed by atoms with Gasteiger partial charge in [-0.25, -0.2) is 4.98 Å². The van der Waals surface area contributed by atoms with Crippen molar-refractivity contribution < 1.29 is 9.66 Å². The van der Waals surface area contributed by atoms with Crippen LogP contribution in [0.4, 0.5) is 11.4 Å². The summed E-state index contributed by atoms with van der Waals surface area (Å²) in [6, 6.07) is 5.49. The fourth-order valence-electron chi connectivity index (χ4n) is 3.06. The van der Waals surface area contributed by atoms with Crippen LogP contribution in [0.2, 0.25) is 0 Å². The molecule has 0 saturated carbocycles. The first-order valence-electron chi connectivity index (χ1n) is 7.81. The highest BCUT2D eigenvalue weighted by Gasteiger charge is 2.29. The lowest BCUT2D eigenvalue weighted by Gasteiger charge is -2.38. The van der Waals surface area contributed by atoms with Crippen molar-refractivity contribution in [2.45, 2.75) is 13.0 Å². The van der Waals surface area contributed by atoms with Gasteiger partial charge >= 0.3 is 5.69 Å². The molecule has 7 nitrogen and oxygen atoms in total. The maximum absolute atomic E-state index is 11.5. The third kappa shape index (κ3) is 3.20. The molecule has 1 aromatic heterocycles. The predicted molar refractivity (Wildman–Crippen MR) is 94.0 cm³/mol. The number of nitrogens with zero attached hydrogens (tertiary/aromatic N) is 4. The fraction of sp³-hybridized carbons (Fsp3) is 0.438. The number of methoxy groups -OCH3 is 1. The number of rotatable bonds is 5. The van der Waals surface area contributed by atoms with Crippen molar-refractivity contribution in [1.29, 1.82) is 0 Å². The first-order chi connectivity index (χ1) is 11.6. The average molecular weight is 348 g/mol.